The normalized spacial score (nSPS) is 21.5. The Labute approximate surface area is 132 Å². The molecule has 0 heterocycles. The van der Waals surface area contributed by atoms with E-state index in [0.29, 0.717) is 19.1 Å². The van der Waals surface area contributed by atoms with E-state index in [4.69, 9.17) is 9.47 Å². The van der Waals surface area contributed by atoms with Crippen molar-refractivity contribution < 1.29 is 19.0 Å². The van der Waals surface area contributed by atoms with Crippen LogP contribution in [0.25, 0.3) is 0 Å². The van der Waals surface area contributed by atoms with E-state index in [-0.39, 0.29) is 5.41 Å². The number of ether oxygens (including phenoxy) is 3. The first-order chi connectivity index (χ1) is 10.4. The van der Waals surface area contributed by atoms with Gasteiger partial charge in [-0.3, -0.25) is 0 Å². The summed E-state index contributed by atoms with van der Waals surface area (Å²) in [5, 5.41) is 0. The number of hydrogen-bond donors (Lipinski definition) is 0. The number of para-hydroxylation sites is 1. The van der Waals surface area contributed by atoms with Crippen LogP contribution >= 0.6 is 0 Å². The second-order valence-corrected chi connectivity index (χ2v) is 6.25. The maximum Gasteiger partial charge on any atom is 0.507 e. The molecule has 0 bridgehead atoms. The maximum atomic E-state index is 11.1. The minimum absolute atomic E-state index is 0.0259. The Bertz CT molecular complexity index is 545. The summed E-state index contributed by atoms with van der Waals surface area (Å²) >= 11 is 0. The lowest BCUT2D eigenvalue weighted by Gasteiger charge is -2.48. The molecule has 0 radical (unpaired) electrons. The molecule has 0 saturated heterocycles. The van der Waals surface area contributed by atoms with Gasteiger partial charge in [0.2, 0.25) is 0 Å². The molecule has 1 aliphatic carbocycles. The van der Waals surface area contributed by atoms with Crippen molar-refractivity contribution in [2.24, 2.45) is 11.3 Å². The zero-order valence-electron chi connectivity index (χ0n) is 13.7. The molecule has 0 amide bonds. The van der Waals surface area contributed by atoms with Crippen LogP contribution in [0.1, 0.15) is 27.2 Å². The molecule has 0 spiro atoms. The molecule has 1 unspecified atom stereocenters. The molecule has 0 aromatic heterocycles. The van der Waals surface area contributed by atoms with E-state index < -0.39 is 6.16 Å². The van der Waals surface area contributed by atoms with Crippen molar-refractivity contribution in [3.05, 3.63) is 41.5 Å². The Morgan fingerprint density at radius 3 is 2.55 bits per heavy atom. The van der Waals surface area contributed by atoms with Crippen LogP contribution in [-0.2, 0) is 9.47 Å². The number of methoxy groups -OCH3 is 1. The van der Waals surface area contributed by atoms with Gasteiger partial charge < -0.3 is 14.2 Å². The first kappa shape index (κ1) is 16.4. The van der Waals surface area contributed by atoms with Gasteiger partial charge in [-0.2, -0.15) is 0 Å². The average molecular weight is 304 g/mol. The van der Waals surface area contributed by atoms with Gasteiger partial charge >= 0.3 is 6.16 Å². The third-order valence-corrected chi connectivity index (χ3v) is 4.53. The van der Waals surface area contributed by atoms with E-state index in [9.17, 15) is 4.79 Å². The zero-order chi connectivity index (χ0) is 16.2. The van der Waals surface area contributed by atoms with Gasteiger partial charge in [-0.1, -0.05) is 37.6 Å². The number of allylic oxidation sites excluding steroid dienone is 1. The summed E-state index contributed by atoms with van der Waals surface area (Å²) in [6, 6.07) is 9.81. The van der Waals surface area contributed by atoms with Gasteiger partial charge in [0.05, 0.1) is 13.7 Å². The summed E-state index contributed by atoms with van der Waals surface area (Å²) in [6.07, 6.45) is 0.325. The molecule has 120 valence electrons. The second kappa shape index (κ2) is 6.86. The van der Waals surface area contributed by atoms with Crippen molar-refractivity contribution in [1.82, 2.24) is 0 Å². The summed E-state index contributed by atoms with van der Waals surface area (Å²) in [7, 11) is 1.32. The fourth-order valence-corrected chi connectivity index (χ4v) is 2.89. The summed E-state index contributed by atoms with van der Waals surface area (Å²) in [4.78, 5) is 11.1. The molecular weight excluding hydrogens is 280 g/mol. The predicted molar refractivity (Wildman–Crippen MR) is 84.9 cm³/mol. The van der Waals surface area contributed by atoms with Crippen LogP contribution in [0.15, 0.2) is 41.5 Å². The van der Waals surface area contributed by atoms with Gasteiger partial charge in [0.25, 0.3) is 0 Å². The second-order valence-electron chi connectivity index (χ2n) is 6.25. The van der Waals surface area contributed by atoms with Crippen LogP contribution in [0.2, 0.25) is 0 Å². The van der Waals surface area contributed by atoms with Gasteiger partial charge in [0.15, 0.2) is 0 Å². The van der Waals surface area contributed by atoms with E-state index >= 15 is 0 Å². The predicted octanol–water partition coefficient (Wildman–Crippen LogP) is 4.21. The van der Waals surface area contributed by atoms with E-state index in [1.807, 2.05) is 30.3 Å². The van der Waals surface area contributed by atoms with Crippen molar-refractivity contribution in [1.29, 1.82) is 0 Å². The van der Waals surface area contributed by atoms with E-state index in [2.05, 4.69) is 25.5 Å². The number of carbonyl (C=O) groups excluding carboxylic acids is 1. The van der Waals surface area contributed by atoms with E-state index in [1.165, 1.54) is 18.3 Å². The molecule has 0 N–H and O–H groups in total. The smallest absolute Gasteiger partial charge is 0.489 e. The summed E-state index contributed by atoms with van der Waals surface area (Å²) in [5.41, 5.74) is 2.67. The highest BCUT2D eigenvalue weighted by atomic mass is 16.7. The van der Waals surface area contributed by atoms with Crippen molar-refractivity contribution in [2.75, 3.05) is 20.3 Å². The third kappa shape index (κ3) is 3.62. The SMILES string of the molecule is COC(=O)OCC1C/C(=C(/C)COc2ccccc2)C1(C)C. The molecule has 1 aromatic rings. The fourth-order valence-electron chi connectivity index (χ4n) is 2.89. The Morgan fingerprint density at radius 2 is 1.95 bits per heavy atom. The van der Waals surface area contributed by atoms with Crippen LogP contribution in [-0.4, -0.2) is 26.5 Å². The molecule has 0 aliphatic heterocycles. The van der Waals surface area contributed by atoms with Gasteiger partial charge in [0, 0.05) is 5.92 Å². The van der Waals surface area contributed by atoms with E-state index in [1.54, 1.807) is 0 Å². The Balaban J connectivity index is 1.90. The lowest BCUT2D eigenvalue weighted by Crippen LogP contribution is -2.42. The number of hydrogen-bond acceptors (Lipinski definition) is 4. The van der Waals surface area contributed by atoms with Crippen LogP contribution in [0, 0.1) is 11.3 Å². The minimum Gasteiger partial charge on any atom is -0.489 e. The molecule has 4 nitrogen and oxygen atoms in total. The minimum atomic E-state index is -0.614. The lowest BCUT2D eigenvalue weighted by molar-refractivity contribution is 0.0228. The molecular formula is C18H24O4. The van der Waals surface area contributed by atoms with Crippen molar-refractivity contribution >= 4 is 6.16 Å². The summed E-state index contributed by atoms with van der Waals surface area (Å²) in [5.74, 6) is 1.21. The number of benzene rings is 1. The zero-order valence-corrected chi connectivity index (χ0v) is 13.7. The van der Waals surface area contributed by atoms with Crippen molar-refractivity contribution in [3.8, 4) is 5.75 Å². The summed E-state index contributed by atoms with van der Waals surface area (Å²) in [6.45, 7) is 7.47. The lowest BCUT2D eigenvalue weighted by atomic mass is 9.58. The Hall–Kier alpha value is -1.97. The van der Waals surface area contributed by atoms with Crippen LogP contribution in [0.5, 0.6) is 5.75 Å². The first-order valence-electron chi connectivity index (χ1n) is 7.53. The molecule has 4 heteroatoms. The summed E-state index contributed by atoms with van der Waals surface area (Å²) < 4.78 is 15.4. The highest BCUT2D eigenvalue weighted by Crippen LogP contribution is 2.52. The van der Waals surface area contributed by atoms with E-state index in [0.717, 1.165) is 12.2 Å². The molecule has 22 heavy (non-hydrogen) atoms. The topological polar surface area (TPSA) is 44.8 Å². The average Bonchev–Trinajstić information content (AvgIpc) is 2.52. The Kier molecular flexibility index (Phi) is 5.11. The molecule has 1 saturated carbocycles. The van der Waals surface area contributed by atoms with Gasteiger partial charge in [-0.05, 0) is 36.5 Å². The van der Waals surface area contributed by atoms with Gasteiger partial charge in [0.1, 0.15) is 12.4 Å². The first-order valence-corrected chi connectivity index (χ1v) is 7.53. The van der Waals surface area contributed by atoms with Crippen molar-refractivity contribution in [2.45, 2.75) is 27.2 Å². The fraction of sp³-hybridized carbons (Fsp3) is 0.500. The molecule has 2 rings (SSSR count). The standard InChI is InChI=1S/C18H24O4/c1-13(11-21-15-8-6-5-7-9-15)16-10-14(18(16,2)3)12-22-17(19)20-4/h5-9,14H,10-12H2,1-4H3/b16-13+. The monoisotopic (exact) mass is 304 g/mol. The molecule has 1 fully saturated rings. The number of rotatable bonds is 5. The van der Waals surface area contributed by atoms with Crippen LogP contribution < -0.4 is 4.74 Å². The van der Waals surface area contributed by atoms with Crippen LogP contribution in [0.4, 0.5) is 4.79 Å². The molecule has 1 aliphatic rings. The van der Waals surface area contributed by atoms with Crippen molar-refractivity contribution in [3.63, 3.8) is 0 Å². The molecule has 1 atom stereocenters. The largest absolute Gasteiger partial charge is 0.507 e. The highest BCUT2D eigenvalue weighted by Gasteiger charge is 2.45. The highest BCUT2D eigenvalue weighted by molar-refractivity contribution is 5.59. The number of carbonyl (C=O) groups is 1. The molecule has 1 aromatic carbocycles. The Morgan fingerprint density at radius 1 is 1.27 bits per heavy atom. The third-order valence-electron chi connectivity index (χ3n) is 4.53. The van der Waals surface area contributed by atoms with Gasteiger partial charge in [-0.15, -0.1) is 0 Å². The quantitative estimate of drug-likeness (QED) is 0.604. The maximum absolute atomic E-state index is 11.1. The van der Waals surface area contributed by atoms with Crippen LogP contribution in [0.3, 0.4) is 0 Å². The van der Waals surface area contributed by atoms with Gasteiger partial charge in [-0.25, -0.2) is 4.79 Å².